The molecule has 0 radical (unpaired) electrons. The molecule has 2 aromatic carbocycles. The average Bonchev–Trinajstić information content (AvgIpc) is 2.50. The molecule has 1 unspecified atom stereocenters. The van der Waals surface area contributed by atoms with Crippen molar-refractivity contribution in [3.8, 4) is 11.5 Å². The van der Waals surface area contributed by atoms with Gasteiger partial charge in [-0.15, -0.1) is 0 Å². The summed E-state index contributed by atoms with van der Waals surface area (Å²) in [5.74, 6) is 2.38. The maximum Gasteiger partial charge on any atom is 0.151 e. The van der Waals surface area contributed by atoms with Gasteiger partial charge in [0, 0.05) is 0 Å². The average molecular weight is 267 g/mol. The Labute approximate surface area is 120 Å². The summed E-state index contributed by atoms with van der Waals surface area (Å²) in [6, 6.07) is 14.4. The molecular formula is C18H21NO. The summed E-state index contributed by atoms with van der Waals surface area (Å²) in [6.07, 6.45) is 3.73. The molecule has 0 spiro atoms. The van der Waals surface area contributed by atoms with Crippen LogP contribution in [-0.4, -0.2) is 0 Å². The highest BCUT2D eigenvalue weighted by atomic mass is 16.5. The molecule has 1 aliphatic rings. The number of para-hydroxylation sites is 3. The van der Waals surface area contributed by atoms with Crippen molar-refractivity contribution in [3.05, 3.63) is 48.0 Å². The molecule has 0 fully saturated rings. The van der Waals surface area contributed by atoms with Gasteiger partial charge in [-0.2, -0.15) is 0 Å². The van der Waals surface area contributed by atoms with Crippen LogP contribution in [0.5, 0.6) is 11.5 Å². The molecule has 0 saturated carbocycles. The topological polar surface area (TPSA) is 21.3 Å². The second-order valence-corrected chi connectivity index (χ2v) is 5.49. The van der Waals surface area contributed by atoms with E-state index >= 15 is 0 Å². The summed E-state index contributed by atoms with van der Waals surface area (Å²) >= 11 is 0. The van der Waals surface area contributed by atoms with Gasteiger partial charge in [0.25, 0.3) is 0 Å². The van der Waals surface area contributed by atoms with Crippen molar-refractivity contribution in [1.29, 1.82) is 0 Å². The van der Waals surface area contributed by atoms with Crippen molar-refractivity contribution in [1.82, 2.24) is 0 Å². The lowest BCUT2D eigenvalue weighted by atomic mass is 9.93. The van der Waals surface area contributed by atoms with E-state index < -0.39 is 0 Å². The van der Waals surface area contributed by atoms with Crippen molar-refractivity contribution in [2.24, 2.45) is 0 Å². The second kappa shape index (κ2) is 5.58. The van der Waals surface area contributed by atoms with Gasteiger partial charge in [-0.1, -0.05) is 51.0 Å². The van der Waals surface area contributed by atoms with Crippen LogP contribution in [0.25, 0.3) is 0 Å². The fourth-order valence-electron chi connectivity index (χ4n) is 2.76. The molecule has 0 bridgehead atoms. The molecule has 2 heteroatoms. The number of anilines is 2. The van der Waals surface area contributed by atoms with Gasteiger partial charge >= 0.3 is 0 Å². The van der Waals surface area contributed by atoms with Crippen molar-refractivity contribution in [2.45, 2.75) is 39.0 Å². The second-order valence-electron chi connectivity index (χ2n) is 5.49. The highest BCUT2D eigenvalue weighted by molar-refractivity contribution is 5.78. The van der Waals surface area contributed by atoms with Crippen LogP contribution in [-0.2, 0) is 0 Å². The number of fused-ring (bicyclic) bond motifs is 2. The lowest BCUT2D eigenvalue weighted by Gasteiger charge is -2.26. The van der Waals surface area contributed by atoms with Crippen LogP contribution in [0.2, 0.25) is 0 Å². The van der Waals surface area contributed by atoms with E-state index in [1.165, 1.54) is 24.8 Å². The van der Waals surface area contributed by atoms with Crippen LogP contribution in [0.3, 0.4) is 0 Å². The van der Waals surface area contributed by atoms with Gasteiger partial charge in [-0.25, -0.2) is 0 Å². The number of hydrogen-bond acceptors (Lipinski definition) is 2. The molecule has 1 heterocycles. The number of ether oxygens (including phenoxy) is 1. The molecule has 2 nitrogen and oxygen atoms in total. The van der Waals surface area contributed by atoms with Crippen molar-refractivity contribution >= 4 is 11.4 Å². The summed E-state index contributed by atoms with van der Waals surface area (Å²) in [7, 11) is 0. The third-order valence-corrected chi connectivity index (χ3v) is 3.95. The standard InChI is InChI=1S/C18H21NO/c1-3-4-8-13(2)14-9-7-12-17-18(14)19-15-10-5-6-11-16(15)20-17/h5-7,9-13,19H,3-4,8H2,1-2H3. The van der Waals surface area contributed by atoms with Gasteiger partial charge in [0.15, 0.2) is 11.5 Å². The number of benzene rings is 2. The third-order valence-electron chi connectivity index (χ3n) is 3.95. The first-order valence-electron chi connectivity index (χ1n) is 7.46. The van der Waals surface area contributed by atoms with E-state index in [1.807, 2.05) is 24.3 Å². The Balaban J connectivity index is 1.93. The molecule has 0 saturated heterocycles. The fraction of sp³-hybridized carbons (Fsp3) is 0.333. The Morgan fingerprint density at radius 1 is 1.05 bits per heavy atom. The van der Waals surface area contributed by atoms with Crippen molar-refractivity contribution < 1.29 is 4.74 Å². The van der Waals surface area contributed by atoms with Crippen LogP contribution in [0, 0.1) is 0 Å². The van der Waals surface area contributed by atoms with Crippen LogP contribution in [0.15, 0.2) is 42.5 Å². The minimum Gasteiger partial charge on any atom is -0.453 e. The lowest BCUT2D eigenvalue weighted by molar-refractivity contribution is 0.479. The summed E-state index contributed by atoms with van der Waals surface area (Å²) in [5.41, 5.74) is 3.54. The van der Waals surface area contributed by atoms with Crippen LogP contribution < -0.4 is 10.1 Å². The van der Waals surface area contributed by atoms with Crippen LogP contribution >= 0.6 is 0 Å². The largest absolute Gasteiger partial charge is 0.453 e. The summed E-state index contributed by atoms with van der Waals surface area (Å²) < 4.78 is 6.01. The number of hydrogen-bond donors (Lipinski definition) is 1. The first kappa shape index (κ1) is 13.0. The molecular weight excluding hydrogens is 246 g/mol. The highest BCUT2D eigenvalue weighted by Gasteiger charge is 2.20. The minimum atomic E-state index is 0.547. The summed E-state index contributed by atoms with van der Waals surface area (Å²) in [4.78, 5) is 0. The number of rotatable bonds is 4. The quantitative estimate of drug-likeness (QED) is 0.642. The van der Waals surface area contributed by atoms with Gasteiger partial charge in [-0.3, -0.25) is 0 Å². The van der Waals surface area contributed by atoms with Gasteiger partial charge in [0.1, 0.15) is 0 Å². The molecule has 0 amide bonds. The van der Waals surface area contributed by atoms with Crippen molar-refractivity contribution in [2.75, 3.05) is 5.32 Å². The predicted molar refractivity (Wildman–Crippen MR) is 84.2 cm³/mol. The minimum absolute atomic E-state index is 0.547. The summed E-state index contributed by atoms with van der Waals surface area (Å²) in [6.45, 7) is 4.54. The Morgan fingerprint density at radius 3 is 2.70 bits per heavy atom. The first-order chi connectivity index (χ1) is 9.79. The first-order valence-corrected chi connectivity index (χ1v) is 7.46. The molecule has 20 heavy (non-hydrogen) atoms. The molecule has 1 atom stereocenters. The lowest BCUT2D eigenvalue weighted by Crippen LogP contribution is -2.07. The van der Waals surface area contributed by atoms with E-state index in [-0.39, 0.29) is 0 Å². The third kappa shape index (κ3) is 2.38. The number of unbranched alkanes of at least 4 members (excludes halogenated alkanes) is 1. The molecule has 1 N–H and O–H groups in total. The Morgan fingerprint density at radius 2 is 1.85 bits per heavy atom. The SMILES string of the molecule is CCCCC(C)c1cccc2c1Nc1ccccc1O2. The zero-order valence-electron chi connectivity index (χ0n) is 12.1. The van der Waals surface area contributed by atoms with E-state index in [2.05, 4.69) is 37.4 Å². The molecule has 0 aromatic heterocycles. The maximum absolute atomic E-state index is 6.01. The van der Waals surface area contributed by atoms with E-state index in [0.29, 0.717) is 5.92 Å². The fourth-order valence-corrected chi connectivity index (χ4v) is 2.76. The molecule has 2 aromatic rings. The van der Waals surface area contributed by atoms with Crippen molar-refractivity contribution in [3.63, 3.8) is 0 Å². The molecule has 0 aliphatic carbocycles. The highest BCUT2D eigenvalue weighted by Crippen LogP contribution is 2.45. The van der Waals surface area contributed by atoms with E-state index in [4.69, 9.17) is 4.74 Å². The normalized spacial score (nSPS) is 13.7. The molecule has 3 rings (SSSR count). The zero-order chi connectivity index (χ0) is 13.9. The Hall–Kier alpha value is -1.96. The molecule has 104 valence electrons. The Kier molecular flexibility index (Phi) is 3.64. The van der Waals surface area contributed by atoms with E-state index in [1.54, 1.807) is 0 Å². The van der Waals surface area contributed by atoms with Gasteiger partial charge in [0.2, 0.25) is 0 Å². The van der Waals surface area contributed by atoms with Gasteiger partial charge in [0.05, 0.1) is 11.4 Å². The Bertz CT molecular complexity index is 606. The monoisotopic (exact) mass is 267 g/mol. The van der Waals surface area contributed by atoms with Gasteiger partial charge in [-0.05, 0) is 36.1 Å². The van der Waals surface area contributed by atoms with E-state index in [9.17, 15) is 0 Å². The molecule has 1 aliphatic heterocycles. The number of nitrogens with one attached hydrogen (secondary N) is 1. The van der Waals surface area contributed by atoms with Gasteiger partial charge < -0.3 is 10.1 Å². The summed E-state index contributed by atoms with van der Waals surface area (Å²) in [5, 5.41) is 3.54. The van der Waals surface area contributed by atoms with Crippen LogP contribution in [0.1, 0.15) is 44.6 Å². The smallest absolute Gasteiger partial charge is 0.151 e. The van der Waals surface area contributed by atoms with E-state index in [0.717, 1.165) is 22.9 Å². The maximum atomic E-state index is 6.01. The van der Waals surface area contributed by atoms with Crippen LogP contribution in [0.4, 0.5) is 11.4 Å². The predicted octanol–water partition coefficient (Wildman–Crippen LogP) is 5.83. The zero-order valence-corrected chi connectivity index (χ0v) is 12.1.